The maximum Gasteiger partial charge on any atom is 0.123 e. The van der Waals surface area contributed by atoms with E-state index < -0.39 is 0 Å². The van der Waals surface area contributed by atoms with Crippen LogP contribution in [0.4, 0.5) is 0 Å². The van der Waals surface area contributed by atoms with E-state index in [2.05, 4.69) is 33.4 Å². The summed E-state index contributed by atoms with van der Waals surface area (Å²) in [5, 5.41) is 7.78. The van der Waals surface area contributed by atoms with Crippen LogP contribution in [0.5, 0.6) is 0 Å². The Morgan fingerprint density at radius 2 is 1.65 bits per heavy atom. The number of hydrogen-bond donors (Lipinski definition) is 0. The van der Waals surface area contributed by atoms with Gasteiger partial charge in [-0.2, -0.15) is 0 Å². The highest BCUT2D eigenvalue weighted by Crippen LogP contribution is 2.34. The molecule has 20 heavy (non-hydrogen) atoms. The Kier molecular flexibility index (Phi) is 2.57. The summed E-state index contributed by atoms with van der Waals surface area (Å²) in [7, 11) is 0. The summed E-state index contributed by atoms with van der Waals surface area (Å²) in [6.07, 6.45) is 3.43. The van der Waals surface area contributed by atoms with Crippen molar-refractivity contribution in [3.05, 3.63) is 60.6 Å². The van der Waals surface area contributed by atoms with E-state index in [4.69, 9.17) is 0 Å². The van der Waals surface area contributed by atoms with E-state index in [0.29, 0.717) is 0 Å². The quantitative estimate of drug-likeness (QED) is 0.563. The molecule has 4 aromatic rings. The van der Waals surface area contributed by atoms with Gasteiger partial charge in [-0.25, -0.2) is 4.98 Å². The van der Waals surface area contributed by atoms with Gasteiger partial charge in [0.05, 0.1) is 21.4 Å². The molecule has 0 aliphatic heterocycles. The molecule has 4 nitrogen and oxygen atoms in total. The average Bonchev–Trinajstić information content (AvgIpc) is 3.18. The molecule has 96 valence electrons. The zero-order chi connectivity index (χ0) is 13.4. The molecule has 0 saturated heterocycles. The zero-order valence-electron chi connectivity index (χ0n) is 10.5. The maximum absolute atomic E-state index is 4.38. The van der Waals surface area contributed by atoms with Gasteiger partial charge in [0.2, 0.25) is 0 Å². The molecule has 0 amide bonds. The van der Waals surface area contributed by atoms with Gasteiger partial charge in [0.25, 0.3) is 0 Å². The van der Waals surface area contributed by atoms with Crippen LogP contribution in [0.2, 0.25) is 0 Å². The molecule has 2 aromatic carbocycles. The van der Waals surface area contributed by atoms with E-state index in [0.717, 1.165) is 16.8 Å². The molecular formula is C15H10N4S. The van der Waals surface area contributed by atoms with Crippen LogP contribution in [-0.4, -0.2) is 19.7 Å². The second-order valence-corrected chi connectivity index (χ2v) is 5.25. The van der Waals surface area contributed by atoms with Crippen molar-refractivity contribution in [3.63, 3.8) is 0 Å². The van der Waals surface area contributed by atoms with E-state index in [1.807, 2.05) is 34.3 Å². The molecule has 0 unspecified atom stereocenters. The van der Waals surface area contributed by atoms with E-state index >= 15 is 0 Å². The first kappa shape index (κ1) is 11.3. The predicted molar refractivity (Wildman–Crippen MR) is 80.0 cm³/mol. The van der Waals surface area contributed by atoms with E-state index in [1.54, 1.807) is 24.0 Å². The fourth-order valence-electron chi connectivity index (χ4n) is 2.35. The van der Waals surface area contributed by atoms with Crippen molar-refractivity contribution in [1.29, 1.82) is 0 Å². The summed E-state index contributed by atoms with van der Waals surface area (Å²) in [6, 6.07) is 14.5. The van der Waals surface area contributed by atoms with E-state index in [-0.39, 0.29) is 0 Å². The summed E-state index contributed by atoms with van der Waals surface area (Å²) in [4.78, 5) is 4.38. The van der Waals surface area contributed by atoms with Crippen molar-refractivity contribution in [2.24, 2.45) is 0 Å². The standard InChI is InChI=1S/C15H10N4S/c1-2-7-14(19-8-17-18-9-19)11(4-1)12-5-3-6-13-15(12)20-10-16-13/h1-10H. The van der Waals surface area contributed by atoms with Crippen molar-refractivity contribution < 1.29 is 0 Å². The van der Waals surface area contributed by atoms with Gasteiger partial charge in [-0.15, -0.1) is 21.5 Å². The second-order valence-electron chi connectivity index (χ2n) is 4.39. The summed E-state index contributed by atoms with van der Waals surface area (Å²) in [6.45, 7) is 0. The minimum atomic E-state index is 1.03. The minimum Gasteiger partial charge on any atom is -0.288 e. The molecule has 2 heterocycles. The Balaban J connectivity index is 2.02. The lowest BCUT2D eigenvalue weighted by Crippen LogP contribution is -1.93. The highest BCUT2D eigenvalue weighted by atomic mass is 32.1. The number of hydrogen-bond acceptors (Lipinski definition) is 4. The minimum absolute atomic E-state index is 1.03. The lowest BCUT2D eigenvalue weighted by Gasteiger charge is -2.10. The van der Waals surface area contributed by atoms with Crippen LogP contribution in [0.25, 0.3) is 27.0 Å². The fourth-order valence-corrected chi connectivity index (χ4v) is 3.17. The van der Waals surface area contributed by atoms with Crippen molar-refractivity contribution in [3.8, 4) is 16.8 Å². The number of para-hydroxylation sites is 1. The molecule has 0 N–H and O–H groups in total. The maximum atomic E-state index is 4.38. The van der Waals surface area contributed by atoms with Crippen molar-refractivity contribution in [1.82, 2.24) is 19.7 Å². The van der Waals surface area contributed by atoms with Crippen LogP contribution in [0, 0.1) is 0 Å². The van der Waals surface area contributed by atoms with Crippen LogP contribution in [-0.2, 0) is 0 Å². The number of aromatic nitrogens is 4. The highest BCUT2D eigenvalue weighted by Gasteiger charge is 2.10. The van der Waals surface area contributed by atoms with Gasteiger partial charge in [0, 0.05) is 11.1 Å². The molecule has 5 heteroatoms. The predicted octanol–water partition coefficient (Wildman–Crippen LogP) is 3.54. The van der Waals surface area contributed by atoms with Crippen LogP contribution >= 0.6 is 11.3 Å². The molecule has 0 aliphatic rings. The molecule has 0 aliphatic carbocycles. The van der Waals surface area contributed by atoms with Crippen molar-refractivity contribution in [2.75, 3.05) is 0 Å². The van der Waals surface area contributed by atoms with E-state index in [9.17, 15) is 0 Å². The zero-order valence-corrected chi connectivity index (χ0v) is 11.3. The topological polar surface area (TPSA) is 43.6 Å². The highest BCUT2D eigenvalue weighted by molar-refractivity contribution is 7.17. The Morgan fingerprint density at radius 1 is 0.850 bits per heavy atom. The number of rotatable bonds is 2. The Labute approximate surface area is 119 Å². The number of benzene rings is 2. The average molecular weight is 278 g/mol. The van der Waals surface area contributed by atoms with Crippen LogP contribution < -0.4 is 0 Å². The largest absolute Gasteiger partial charge is 0.288 e. The van der Waals surface area contributed by atoms with Gasteiger partial charge >= 0.3 is 0 Å². The fraction of sp³-hybridized carbons (Fsp3) is 0. The van der Waals surface area contributed by atoms with Crippen molar-refractivity contribution in [2.45, 2.75) is 0 Å². The third-order valence-corrected chi connectivity index (χ3v) is 4.12. The lowest BCUT2D eigenvalue weighted by molar-refractivity contribution is 1.06. The third kappa shape index (κ3) is 1.71. The molecule has 0 spiro atoms. The summed E-state index contributed by atoms with van der Waals surface area (Å²) < 4.78 is 3.13. The summed E-state index contributed by atoms with van der Waals surface area (Å²) >= 11 is 1.66. The van der Waals surface area contributed by atoms with Gasteiger partial charge in [-0.1, -0.05) is 30.3 Å². The SMILES string of the molecule is c1ccc(-n2cnnc2)c(-c2cccc3ncsc23)c1. The molecule has 0 saturated carbocycles. The first-order valence-electron chi connectivity index (χ1n) is 6.20. The van der Waals surface area contributed by atoms with Crippen LogP contribution in [0.1, 0.15) is 0 Å². The molecule has 0 atom stereocenters. The Morgan fingerprint density at radius 3 is 2.55 bits per heavy atom. The number of fused-ring (bicyclic) bond motifs is 1. The summed E-state index contributed by atoms with van der Waals surface area (Å²) in [5.74, 6) is 0. The van der Waals surface area contributed by atoms with Crippen LogP contribution in [0.3, 0.4) is 0 Å². The number of nitrogens with zero attached hydrogens (tertiary/aromatic N) is 4. The molecular weight excluding hydrogens is 268 g/mol. The Hall–Kier alpha value is -2.53. The number of thiazole rings is 1. The van der Waals surface area contributed by atoms with Gasteiger partial charge in [-0.3, -0.25) is 4.57 Å². The Bertz CT molecular complexity index is 864. The first-order chi connectivity index (χ1) is 9.93. The van der Waals surface area contributed by atoms with E-state index in [1.165, 1.54) is 10.3 Å². The normalized spacial score (nSPS) is 11.0. The van der Waals surface area contributed by atoms with Gasteiger partial charge in [0.1, 0.15) is 12.7 Å². The smallest absolute Gasteiger partial charge is 0.123 e. The van der Waals surface area contributed by atoms with Crippen molar-refractivity contribution >= 4 is 21.6 Å². The molecule has 0 bridgehead atoms. The molecule has 0 fully saturated rings. The summed E-state index contributed by atoms with van der Waals surface area (Å²) in [5.41, 5.74) is 6.33. The first-order valence-corrected chi connectivity index (χ1v) is 7.08. The van der Waals surface area contributed by atoms with Crippen LogP contribution in [0.15, 0.2) is 60.6 Å². The second kappa shape index (κ2) is 4.54. The third-order valence-electron chi connectivity index (χ3n) is 3.25. The molecule has 2 aromatic heterocycles. The monoisotopic (exact) mass is 278 g/mol. The van der Waals surface area contributed by atoms with Gasteiger partial charge in [-0.05, 0) is 12.1 Å². The van der Waals surface area contributed by atoms with Gasteiger partial charge in [0.15, 0.2) is 0 Å². The van der Waals surface area contributed by atoms with Gasteiger partial charge < -0.3 is 0 Å². The molecule has 0 radical (unpaired) electrons. The lowest BCUT2D eigenvalue weighted by atomic mass is 10.0. The molecule has 4 rings (SSSR count).